The molecule has 4 nitrogen and oxygen atoms in total. The first-order valence-electron chi connectivity index (χ1n) is 7.21. The van der Waals surface area contributed by atoms with Crippen LogP contribution in [0, 0.1) is 11.7 Å². The van der Waals surface area contributed by atoms with Gasteiger partial charge >= 0.3 is 0 Å². The lowest BCUT2D eigenvalue weighted by molar-refractivity contribution is 0.312. The Hall–Kier alpha value is -1.40. The minimum Gasteiger partial charge on any atom is -0.339 e. The summed E-state index contributed by atoms with van der Waals surface area (Å²) in [6.07, 6.45) is 3.16. The largest absolute Gasteiger partial charge is 0.339 e. The van der Waals surface area contributed by atoms with Gasteiger partial charge in [0.1, 0.15) is 5.82 Å². The standard InChI is InChI=1S/C15H18FN3OS/c16-12-3-1-2-4-13(12)21-10-14-18-15(20-19-14)9-11-5-7-17-8-6-11/h1-4,11,17H,5-10H2. The van der Waals surface area contributed by atoms with Gasteiger partial charge in [-0.25, -0.2) is 4.39 Å². The molecule has 1 fully saturated rings. The summed E-state index contributed by atoms with van der Waals surface area (Å²) in [7, 11) is 0. The maximum Gasteiger partial charge on any atom is 0.226 e. The van der Waals surface area contributed by atoms with Crippen LogP contribution in [0.2, 0.25) is 0 Å². The highest BCUT2D eigenvalue weighted by Gasteiger charge is 2.17. The Morgan fingerprint density at radius 3 is 2.90 bits per heavy atom. The molecule has 1 aliphatic heterocycles. The van der Waals surface area contributed by atoms with E-state index in [1.54, 1.807) is 12.1 Å². The lowest BCUT2D eigenvalue weighted by Crippen LogP contribution is -2.28. The summed E-state index contributed by atoms with van der Waals surface area (Å²) in [6, 6.07) is 6.73. The number of nitrogens with one attached hydrogen (secondary N) is 1. The van der Waals surface area contributed by atoms with Crippen LogP contribution in [0.1, 0.15) is 24.6 Å². The number of rotatable bonds is 5. The fourth-order valence-corrected chi connectivity index (χ4v) is 3.25. The van der Waals surface area contributed by atoms with Crippen LogP contribution in [0.4, 0.5) is 4.39 Å². The van der Waals surface area contributed by atoms with Crippen LogP contribution in [0.25, 0.3) is 0 Å². The number of benzene rings is 1. The van der Waals surface area contributed by atoms with E-state index >= 15 is 0 Å². The molecule has 0 unspecified atom stereocenters. The van der Waals surface area contributed by atoms with Crippen molar-refractivity contribution in [3.8, 4) is 0 Å². The predicted octanol–water partition coefficient (Wildman–Crippen LogP) is 3.04. The first-order valence-corrected chi connectivity index (χ1v) is 8.19. The SMILES string of the molecule is Fc1ccccc1SCc1noc(CC2CCNCC2)n1. The van der Waals surface area contributed by atoms with Gasteiger partial charge in [0.25, 0.3) is 0 Å². The Morgan fingerprint density at radius 1 is 1.29 bits per heavy atom. The molecule has 0 bridgehead atoms. The summed E-state index contributed by atoms with van der Waals surface area (Å²) in [5.41, 5.74) is 0. The van der Waals surface area contributed by atoms with Gasteiger partial charge in [-0.05, 0) is 44.0 Å². The number of piperidine rings is 1. The van der Waals surface area contributed by atoms with Crippen molar-refractivity contribution in [2.24, 2.45) is 5.92 Å². The molecule has 1 saturated heterocycles. The summed E-state index contributed by atoms with van der Waals surface area (Å²) in [5.74, 6) is 2.27. The summed E-state index contributed by atoms with van der Waals surface area (Å²) < 4.78 is 18.8. The van der Waals surface area contributed by atoms with Crippen molar-refractivity contribution in [2.45, 2.75) is 29.9 Å². The summed E-state index contributed by atoms with van der Waals surface area (Å²) in [5, 5.41) is 7.33. The highest BCUT2D eigenvalue weighted by molar-refractivity contribution is 7.98. The van der Waals surface area contributed by atoms with Crippen molar-refractivity contribution in [1.82, 2.24) is 15.5 Å². The van der Waals surface area contributed by atoms with Gasteiger partial charge in [-0.15, -0.1) is 11.8 Å². The van der Waals surface area contributed by atoms with E-state index in [1.165, 1.54) is 17.8 Å². The summed E-state index contributed by atoms with van der Waals surface area (Å²) in [6.45, 7) is 2.13. The van der Waals surface area contributed by atoms with E-state index in [9.17, 15) is 4.39 Å². The Kier molecular flexibility index (Phi) is 4.87. The van der Waals surface area contributed by atoms with E-state index in [-0.39, 0.29) is 5.82 Å². The van der Waals surface area contributed by atoms with E-state index < -0.39 is 0 Å². The van der Waals surface area contributed by atoms with Crippen LogP contribution >= 0.6 is 11.8 Å². The summed E-state index contributed by atoms with van der Waals surface area (Å²) in [4.78, 5) is 5.02. The van der Waals surface area contributed by atoms with Crippen molar-refractivity contribution in [3.05, 3.63) is 41.8 Å². The highest BCUT2D eigenvalue weighted by Crippen LogP contribution is 2.24. The van der Waals surface area contributed by atoms with Crippen molar-refractivity contribution in [2.75, 3.05) is 13.1 Å². The van der Waals surface area contributed by atoms with Crippen molar-refractivity contribution in [3.63, 3.8) is 0 Å². The third kappa shape index (κ3) is 4.04. The smallest absolute Gasteiger partial charge is 0.226 e. The molecule has 0 spiro atoms. The molecule has 21 heavy (non-hydrogen) atoms. The molecule has 1 aromatic carbocycles. The number of halogens is 1. The fraction of sp³-hybridized carbons (Fsp3) is 0.467. The lowest BCUT2D eigenvalue weighted by atomic mass is 9.95. The average Bonchev–Trinajstić information content (AvgIpc) is 2.95. The first kappa shape index (κ1) is 14.5. The molecule has 1 N–H and O–H groups in total. The van der Waals surface area contributed by atoms with Crippen LogP contribution in [0.3, 0.4) is 0 Å². The fourth-order valence-electron chi connectivity index (χ4n) is 2.47. The van der Waals surface area contributed by atoms with Gasteiger partial charge in [0.05, 0.1) is 5.75 Å². The van der Waals surface area contributed by atoms with Crippen molar-refractivity contribution in [1.29, 1.82) is 0 Å². The highest BCUT2D eigenvalue weighted by atomic mass is 32.2. The van der Waals surface area contributed by atoms with Crippen LogP contribution in [-0.2, 0) is 12.2 Å². The zero-order chi connectivity index (χ0) is 14.5. The third-order valence-electron chi connectivity index (χ3n) is 3.63. The second-order valence-corrected chi connectivity index (χ2v) is 6.24. The Labute approximate surface area is 127 Å². The second-order valence-electron chi connectivity index (χ2n) is 5.22. The maximum atomic E-state index is 13.5. The molecule has 3 rings (SSSR count). The minimum absolute atomic E-state index is 0.207. The molecule has 2 aromatic rings. The van der Waals surface area contributed by atoms with Gasteiger partial charge in [-0.3, -0.25) is 0 Å². The number of nitrogens with zero attached hydrogens (tertiary/aromatic N) is 2. The molecule has 1 aliphatic rings. The Morgan fingerprint density at radius 2 is 2.10 bits per heavy atom. The van der Waals surface area contributed by atoms with Gasteiger partial charge in [-0.2, -0.15) is 4.98 Å². The molecule has 0 aliphatic carbocycles. The summed E-state index contributed by atoms with van der Waals surface area (Å²) >= 11 is 1.39. The molecule has 2 heterocycles. The zero-order valence-corrected chi connectivity index (χ0v) is 12.5. The van der Waals surface area contributed by atoms with Crippen LogP contribution in [0.5, 0.6) is 0 Å². The predicted molar refractivity (Wildman–Crippen MR) is 79.6 cm³/mol. The molecule has 1 aromatic heterocycles. The van der Waals surface area contributed by atoms with Crippen molar-refractivity contribution >= 4 is 11.8 Å². The zero-order valence-electron chi connectivity index (χ0n) is 11.7. The second kappa shape index (κ2) is 7.04. The Bertz CT molecular complexity index is 584. The van der Waals surface area contributed by atoms with Crippen molar-refractivity contribution < 1.29 is 8.91 Å². The molecule has 0 amide bonds. The van der Waals surface area contributed by atoms with Gasteiger partial charge < -0.3 is 9.84 Å². The maximum absolute atomic E-state index is 13.5. The number of hydrogen-bond donors (Lipinski definition) is 1. The average molecular weight is 307 g/mol. The van der Waals surface area contributed by atoms with Crippen LogP contribution < -0.4 is 5.32 Å². The minimum atomic E-state index is -0.207. The number of hydrogen-bond acceptors (Lipinski definition) is 5. The number of thioether (sulfide) groups is 1. The van der Waals surface area contributed by atoms with Crippen LogP contribution in [-0.4, -0.2) is 23.2 Å². The molecule has 6 heteroatoms. The van der Waals surface area contributed by atoms with Gasteiger partial charge in [0.2, 0.25) is 5.89 Å². The lowest BCUT2D eigenvalue weighted by Gasteiger charge is -2.20. The molecule has 0 radical (unpaired) electrons. The monoisotopic (exact) mass is 307 g/mol. The normalized spacial score (nSPS) is 16.2. The van der Waals surface area contributed by atoms with E-state index in [4.69, 9.17) is 4.52 Å². The topological polar surface area (TPSA) is 51.0 Å². The van der Waals surface area contributed by atoms with E-state index in [0.717, 1.165) is 32.4 Å². The quantitative estimate of drug-likeness (QED) is 0.861. The van der Waals surface area contributed by atoms with E-state index in [0.29, 0.717) is 28.3 Å². The molecule has 0 atom stereocenters. The molecule has 112 valence electrons. The van der Waals surface area contributed by atoms with E-state index in [2.05, 4.69) is 15.5 Å². The van der Waals surface area contributed by atoms with Gasteiger partial charge in [0.15, 0.2) is 5.82 Å². The molecular formula is C15H18FN3OS. The van der Waals surface area contributed by atoms with Gasteiger partial charge in [-0.1, -0.05) is 17.3 Å². The Balaban J connectivity index is 1.54. The van der Waals surface area contributed by atoms with Crippen LogP contribution in [0.15, 0.2) is 33.7 Å². The third-order valence-corrected chi connectivity index (χ3v) is 4.67. The van der Waals surface area contributed by atoms with Gasteiger partial charge in [0, 0.05) is 11.3 Å². The molecular weight excluding hydrogens is 289 g/mol. The first-order chi connectivity index (χ1) is 10.3. The van der Waals surface area contributed by atoms with E-state index in [1.807, 2.05) is 6.07 Å². The molecule has 0 saturated carbocycles. The number of aromatic nitrogens is 2.